The second-order valence-corrected chi connectivity index (χ2v) is 5.57. The average Bonchev–Trinajstić information content (AvgIpc) is 2.26. The molecule has 0 bridgehead atoms. The molecule has 92 valence electrons. The number of H-pyrrole nitrogens is 1. The van der Waals surface area contributed by atoms with Crippen LogP contribution in [0.3, 0.4) is 0 Å². The molecule has 1 heterocycles. The van der Waals surface area contributed by atoms with Crippen LogP contribution in [0.25, 0.3) is 11.4 Å². The molecule has 1 N–H and O–H groups in total. The number of hydrogen-bond acceptors (Lipinski definition) is 2. The van der Waals surface area contributed by atoms with Crippen LogP contribution in [-0.2, 0) is 0 Å². The third-order valence-electron chi connectivity index (χ3n) is 3.40. The van der Waals surface area contributed by atoms with E-state index in [4.69, 9.17) is 0 Å². The fourth-order valence-corrected chi connectivity index (χ4v) is 2.40. The highest BCUT2D eigenvalue weighted by Gasteiger charge is 2.21. The van der Waals surface area contributed by atoms with E-state index >= 15 is 0 Å². The molecule has 1 saturated carbocycles. The number of hydrogen-bond donors (Lipinski definition) is 1. The quantitative estimate of drug-likeness (QED) is 0.923. The normalized spacial score (nSPS) is 15.4. The summed E-state index contributed by atoms with van der Waals surface area (Å²) in [6, 6.07) is 9.43. The van der Waals surface area contributed by atoms with Gasteiger partial charge in [-0.2, -0.15) is 0 Å². The highest BCUT2D eigenvalue weighted by atomic mass is 79.9. The van der Waals surface area contributed by atoms with Gasteiger partial charge in [0.2, 0.25) is 0 Å². The summed E-state index contributed by atoms with van der Waals surface area (Å²) in [5, 5.41) is 0. The molecule has 1 aromatic heterocycles. The smallest absolute Gasteiger partial charge is 0.251 e. The summed E-state index contributed by atoms with van der Waals surface area (Å²) in [5.41, 5.74) is 1.81. The number of benzene rings is 1. The van der Waals surface area contributed by atoms with Gasteiger partial charge in [-0.1, -0.05) is 34.5 Å². The molecule has 18 heavy (non-hydrogen) atoms. The van der Waals surface area contributed by atoms with Crippen molar-refractivity contribution >= 4 is 15.9 Å². The third-order valence-corrected chi connectivity index (χ3v) is 3.93. The Morgan fingerprint density at radius 2 is 1.94 bits per heavy atom. The van der Waals surface area contributed by atoms with Crippen LogP contribution >= 0.6 is 15.9 Å². The number of rotatable bonds is 2. The average molecular weight is 305 g/mol. The van der Waals surface area contributed by atoms with Crippen molar-refractivity contribution in [3.63, 3.8) is 0 Å². The van der Waals surface area contributed by atoms with Crippen LogP contribution in [0.15, 0.2) is 39.6 Å². The number of nitrogens with zero attached hydrogens (tertiary/aromatic N) is 1. The van der Waals surface area contributed by atoms with E-state index in [1.54, 1.807) is 6.07 Å². The minimum absolute atomic E-state index is 0.0650. The molecule has 0 saturated heterocycles. The van der Waals surface area contributed by atoms with E-state index in [1.165, 1.54) is 6.42 Å². The Balaban J connectivity index is 2.03. The summed E-state index contributed by atoms with van der Waals surface area (Å²) in [6.07, 6.45) is 3.54. The van der Waals surface area contributed by atoms with Crippen molar-refractivity contribution in [1.29, 1.82) is 0 Å². The maximum Gasteiger partial charge on any atom is 0.251 e. The van der Waals surface area contributed by atoms with Gasteiger partial charge in [-0.25, -0.2) is 4.98 Å². The lowest BCUT2D eigenvalue weighted by molar-refractivity contribution is 0.410. The van der Waals surface area contributed by atoms with Crippen LogP contribution in [0, 0.1) is 0 Å². The topological polar surface area (TPSA) is 45.8 Å². The van der Waals surface area contributed by atoms with Crippen LogP contribution in [-0.4, -0.2) is 9.97 Å². The SMILES string of the molecule is O=c1cc(C2CCC2)nc(-c2ccc(Br)cc2)[nH]1. The van der Waals surface area contributed by atoms with Gasteiger partial charge in [0, 0.05) is 22.0 Å². The third kappa shape index (κ3) is 2.25. The fourth-order valence-electron chi connectivity index (χ4n) is 2.13. The van der Waals surface area contributed by atoms with Crippen LogP contribution < -0.4 is 5.56 Å². The van der Waals surface area contributed by atoms with Gasteiger partial charge in [0.25, 0.3) is 5.56 Å². The predicted molar refractivity (Wildman–Crippen MR) is 74.6 cm³/mol. The molecule has 1 fully saturated rings. The van der Waals surface area contributed by atoms with Gasteiger partial charge in [-0.05, 0) is 25.0 Å². The van der Waals surface area contributed by atoms with Gasteiger partial charge in [0.05, 0.1) is 5.69 Å². The Bertz CT molecular complexity index is 614. The maximum absolute atomic E-state index is 11.7. The van der Waals surface area contributed by atoms with E-state index in [-0.39, 0.29) is 5.56 Å². The molecule has 1 aliphatic rings. The van der Waals surface area contributed by atoms with Crippen LogP contribution in [0.4, 0.5) is 0 Å². The molecule has 1 aromatic carbocycles. The number of halogens is 1. The maximum atomic E-state index is 11.7. The molecule has 0 radical (unpaired) electrons. The predicted octanol–water partition coefficient (Wildman–Crippen LogP) is 3.47. The van der Waals surface area contributed by atoms with Gasteiger partial charge in [-0.3, -0.25) is 4.79 Å². The lowest BCUT2D eigenvalue weighted by Crippen LogP contribution is -2.17. The van der Waals surface area contributed by atoms with Crippen LogP contribution in [0.1, 0.15) is 30.9 Å². The molecule has 0 aliphatic heterocycles. The molecule has 1 aliphatic carbocycles. The molecular formula is C14H13BrN2O. The first kappa shape index (κ1) is 11.7. The van der Waals surface area contributed by atoms with Gasteiger partial charge in [0.1, 0.15) is 5.82 Å². The van der Waals surface area contributed by atoms with Gasteiger partial charge in [0.15, 0.2) is 0 Å². The molecule has 4 heteroatoms. The van der Waals surface area contributed by atoms with Crippen LogP contribution in [0.5, 0.6) is 0 Å². The van der Waals surface area contributed by atoms with Gasteiger partial charge >= 0.3 is 0 Å². The van der Waals surface area contributed by atoms with E-state index in [0.29, 0.717) is 11.7 Å². The lowest BCUT2D eigenvalue weighted by Gasteiger charge is -2.24. The summed E-state index contributed by atoms with van der Waals surface area (Å²) < 4.78 is 1.02. The summed E-state index contributed by atoms with van der Waals surface area (Å²) in [5.74, 6) is 1.14. The first-order valence-corrected chi connectivity index (χ1v) is 6.89. The zero-order valence-corrected chi connectivity index (χ0v) is 11.4. The highest BCUT2D eigenvalue weighted by molar-refractivity contribution is 9.10. The monoisotopic (exact) mass is 304 g/mol. The van der Waals surface area contributed by atoms with E-state index in [0.717, 1.165) is 28.6 Å². The van der Waals surface area contributed by atoms with Crippen molar-refractivity contribution in [2.75, 3.05) is 0 Å². The van der Waals surface area contributed by atoms with Crippen molar-refractivity contribution in [2.24, 2.45) is 0 Å². The van der Waals surface area contributed by atoms with Crippen molar-refractivity contribution in [3.8, 4) is 11.4 Å². The number of aromatic nitrogens is 2. The second kappa shape index (κ2) is 4.69. The van der Waals surface area contributed by atoms with E-state index in [9.17, 15) is 4.79 Å². The standard InChI is InChI=1S/C14H13BrN2O/c15-11-6-4-10(5-7-11)14-16-12(8-13(18)17-14)9-2-1-3-9/h4-9H,1-3H2,(H,16,17,18). The Labute approximate surface area is 113 Å². The highest BCUT2D eigenvalue weighted by Crippen LogP contribution is 2.35. The summed E-state index contributed by atoms with van der Waals surface area (Å²) in [4.78, 5) is 19.1. The number of nitrogens with one attached hydrogen (secondary N) is 1. The summed E-state index contributed by atoms with van der Waals surface area (Å²) in [6.45, 7) is 0. The zero-order chi connectivity index (χ0) is 12.5. The first-order valence-electron chi connectivity index (χ1n) is 6.09. The minimum atomic E-state index is -0.0650. The van der Waals surface area contributed by atoms with Crippen molar-refractivity contribution in [2.45, 2.75) is 25.2 Å². The second-order valence-electron chi connectivity index (χ2n) is 4.65. The molecule has 2 aromatic rings. The molecule has 0 atom stereocenters. The first-order chi connectivity index (χ1) is 8.72. The molecule has 3 nitrogen and oxygen atoms in total. The Kier molecular flexibility index (Phi) is 3.04. The van der Waals surface area contributed by atoms with E-state index in [1.807, 2.05) is 24.3 Å². The number of aromatic amines is 1. The van der Waals surface area contributed by atoms with E-state index in [2.05, 4.69) is 25.9 Å². The van der Waals surface area contributed by atoms with Crippen molar-refractivity contribution in [1.82, 2.24) is 9.97 Å². The molecule has 3 rings (SSSR count). The van der Waals surface area contributed by atoms with Crippen molar-refractivity contribution < 1.29 is 0 Å². The van der Waals surface area contributed by atoms with E-state index < -0.39 is 0 Å². The van der Waals surface area contributed by atoms with Gasteiger partial charge < -0.3 is 4.98 Å². The molecule has 0 unspecified atom stereocenters. The minimum Gasteiger partial charge on any atom is -0.307 e. The molecule has 0 amide bonds. The van der Waals surface area contributed by atoms with Gasteiger partial charge in [-0.15, -0.1) is 0 Å². The molecular weight excluding hydrogens is 292 g/mol. The fraction of sp³-hybridized carbons (Fsp3) is 0.286. The molecule has 0 spiro atoms. The lowest BCUT2D eigenvalue weighted by atomic mass is 9.83. The van der Waals surface area contributed by atoms with Crippen molar-refractivity contribution in [3.05, 3.63) is 50.9 Å². The Morgan fingerprint density at radius 3 is 2.56 bits per heavy atom. The Morgan fingerprint density at radius 1 is 1.22 bits per heavy atom. The summed E-state index contributed by atoms with van der Waals surface area (Å²) >= 11 is 3.40. The van der Waals surface area contributed by atoms with Crippen LogP contribution in [0.2, 0.25) is 0 Å². The Hall–Kier alpha value is -1.42. The zero-order valence-electron chi connectivity index (χ0n) is 9.82. The summed E-state index contributed by atoms with van der Waals surface area (Å²) in [7, 11) is 0. The largest absolute Gasteiger partial charge is 0.307 e.